The number of ether oxygens (including phenoxy) is 1. The van der Waals surface area contributed by atoms with Gasteiger partial charge in [0.2, 0.25) is 0 Å². The van der Waals surface area contributed by atoms with Gasteiger partial charge in [-0.05, 0) is 36.6 Å². The summed E-state index contributed by atoms with van der Waals surface area (Å²) in [5, 5.41) is 0. The van der Waals surface area contributed by atoms with E-state index in [1.165, 1.54) is 25.7 Å². The topological polar surface area (TPSA) is 29.5 Å². The van der Waals surface area contributed by atoms with E-state index in [1.54, 1.807) is 4.90 Å². The van der Waals surface area contributed by atoms with Crippen LogP contribution in [0.4, 0.5) is 10.5 Å². The number of nitrogens with zero attached hydrogens (tertiary/aromatic N) is 1. The maximum atomic E-state index is 12.8. The minimum absolute atomic E-state index is 0.311. The van der Waals surface area contributed by atoms with Crippen LogP contribution >= 0.6 is 0 Å². The predicted molar refractivity (Wildman–Crippen MR) is 109 cm³/mol. The lowest BCUT2D eigenvalue weighted by Crippen LogP contribution is -2.37. The summed E-state index contributed by atoms with van der Waals surface area (Å²) in [7, 11) is 0. The number of unbranched alkanes of at least 4 members (excludes halogenated alkanes) is 3. The van der Waals surface area contributed by atoms with Gasteiger partial charge in [-0.1, -0.05) is 82.3 Å². The molecule has 0 heterocycles. The summed E-state index contributed by atoms with van der Waals surface area (Å²) in [5.74, 6) is 1.06. The number of hydrogen-bond acceptors (Lipinski definition) is 2. The molecule has 0 N–H and O–H groups in total. The van der Waals surface area contributed by atoms with Crippen molar-refractivity contribution in [2.45, 2.75) is 52.4 Å². The van der Waals surface area contributed by atoms with Crippen LogP contribution in [0, 0.1) is 5.92 Å². The van der Waals surface area contributed by atoms with E-state index in [0.717, 1.165) is 18.5 Å². The number of amides is 1. The van der Waals surface area contributed by atoms with Gasteiger partial charge in [-0.15, -0.1) is 0 Å². The third-order valence-corrected chi connectivity index (χ3v) is 4.72. The first kappa shape index (κ1) is 20.0. The van der Waals surface area contributed by atoms with Gasteiger partial charge in [-0.3, -0.25) is 4.90 Å². The number of carbonyl (C=O) groups is 1. The van der Waals surface area contributed by atoms with Gasteiger partial charge in [0.05, 0.1) is 0 Å². The summed E-state index contributed by atoms with van der Waals surface area (Å²) in [6, 6.07) is 19.1. The molecule has 2 aromatic carbocycles. The van der Waals surface area contributed by atoms with Crippen LogP contribution in [0.5, 0.6) is 5.75 Å². The summed E-state index contributed by atoms with van der Waals surface area (Å²) < 4.78 is 5.61. The SMILES string of the molecule is CCCCCC[C@H](CC)CN(C(=O)Oc1ccccc1)c1ccccc1. The average molecular weight is 354 g/mol. The second kappa shape index (κ2) is 11.3. The summed E-state index contributed by atoms with van der Waals surface area (Å²) >= 11 is 0. The predicted octanol–water partition coefficient (Wildman–Crippen LogP) is 6.69. The quantitative estimate of drug-likeness (QED) is 0.445. The zero-order chi connectivity index (χ0) is 18.6. The van der Waals surface area contributed by atoms with Crippen LogP contribution in [0.25, 0.3) is 0 Å². The molecule has 1 atom stereocenters. The molecular weight excluding hydrogens is 322 g/mol. The number of carbonyl (C=O) groups excluding carboxylic acids is 1. The van der Waals surface area contributed by atoms with E-state index in [9.17, 15) is 4.79 Å². The molecular formula is C23H31NO2. The van der Waals surface area contributed by atoms with Crippen molar-refractivity contribution < 1.29 is 9.53 Å². The Labute approximate surface area is 158 Å². The third kappa shape index (κ3) is 6.55. The van der Waals surface area contributed by atoms with Gasteiger partial charge in [0.25, 0.3) is 0 Å². The van der Waals surface area contributed by atoms with Crippen molar-refractivity contribution in [1.29, 1.82) is 0 Å². The number of benzene rings is 2. The van der Waals surface area contributed by atoms with Crippen molar-refractivity contribution in [2.24, 2.45) is 5.92 Å². The smallest absolute Gasteiger partial charge is 0.410 e. The van der Waals surface area contributed by atoms with Crippen molar-refractivity contribution in [1.82, 2.24) is 0 Å². The fourth-order valence-corrected chi connectivity index (χ4v) is 3.08. The molecule has 26 heavy (non-hydrogen) atoms. The summed E-state index contributed by atoms with van der Waals surface area (Å²) in [6.07, 6.45) is 6.93. The van der Waals surface area contributed by atoms with Crippen molar-refractivity contribution in [2.75, 3.05) is 11.4 Å². The van der Waals surface area contributed by atoms with Crippen LogP contribution in [-0.2, 0) is 0 Å². The van der Waals surface area contributed by atoms with Crippen LogP contribution in [0.2, 0.25) is 0 Å². The van der Waals surface area contributed by atoms with Gasteiger partial charge in [0.15, 0.2) is 0 Å². The molecule has 2 rings (SSSR count). The highest BCUT2D eigenvalue weighted by Crippen LogP contribution is 2.22. The molecule has 140 valence electrons. The molecule has 2 aromatic rings. The fraction of sp³-hybridized carbons (Fsp3) is 0.435. The normalized spacial score (nSPS) is 11.8. The van der Waals surface area contributed by atoms with Crippen LogP contribution < -0.4 is 9.64 Å². The van der Waals surface area contributed by atoms with E-state index >= 15 is 0 Å². The lowest BCUT2D eigenvalue weighted by atomic mass is 9.97. The molecule has 0 aromatic heterocycles. The molecule has 3 nitrogen and oxygen atoms in total. The molecule has 0 saturated heterocycles. The van der Waals surface area contributed by atoms with E-state index in [0.29, 0.717) is 18.2 Å². The molecule has 3 heteroatoms. The van der Waals surface area contributed by atoms with E-state index in [-0.39, 0.29) is 6.09 Å². The zero-order valence-electron chi connectivity index (χ0n) is 16.1. The summed E-state index contributed by atoms with van der Waals surface area (Å²) in [6.45, 7) is 5.13. The van der Waals surface area contributed by atoms with Gasteiger partial charge in [-0.2, -0.15) is 0 Å². The molecule has 0 unspecified atom stereocenters. The van der Waals surface area contributed by atoms with Crippen LogP contribution in [-0.4, -0.2) is 12.6 Å². The lowest BCUT2D eigenvalue weighted by molar-refractivity contribution is 0.205. The maximum absolute atomic E-state index is 12.8. The highest BCUT2D eigenvalue weighted by Gasteiger charge is 2.21. The molecule has 0 aliphatic carbocycles. The summed E-state index contributed by atoms with van der Waals surface area (Å²) in [4.78, 5) is 14.6. The largest absolute Gasteiger partial charge is 0.419 e. The van der Waals surface area contributed by atoms with E-state index in [2.05, 4.69) is 13.8 Å². The van der Waals surface area contributed by atoms with Gasteiger partial charge < -0.3 is 4.74 Å². The van der Waals surface area contributed by atoms with Crippen LogP contribution in [0.3, 0.4) is 0 Å². The minimum atomic E-state index is -0.311. The van der Waals surface area contributed by atoms with Crippen molar-refractivity contribution in [3.05, 3.63) is 60.7 Å². The summed E-state index contributed by atoms with van der Waals surface area (Å²) in [5.41, 5.74) is 0.889. The Balaban J connectivity index is 2.06. The molecule has 0 aliphatic rings. The van der Waals surface area contributed by atoms with Crippen molar-refractivity contribution in [3.8, 4) is 5.75 Å². The van der Waals surface area contributed by atoms with Gasteiger partial charge in [0.1, 0.15) is 5.75 Å². The highest BCUT2D eigenvalue weighted by atomic mass is 16.6. The Morgan fingerprint density at radius 2 is 1.58 bits per heavy atom. The first-order valence-electron chi connectivity index (χ1n) is 9.84. The number of para-hydroxylation sites is 2. The highest BCUT2D eigenvalue weighted by molar-refractivity contribution is 5.89. The molecule has 0 radical (unpaired) electrons. The van der Waals surface area contributed by atoms with Crippen molar-refractivity contribution >= 4 is 11.8 Å². The zero-order valence-corrected chi connectivity index (χ0v) is 16.1. The molecule has 0 bridgehead atoms. The monoisotopic (exact) mass is 353 g/mol. The van der Waals surface area contributed by atoms with E-state index in [4.69, 9.17) is 4.74 Å². The molecule has 0 spiro atoms. The Morgan fingerprint density at radius 1 is 0.923 bits per heavy atom. The average Bonchev–Trinajstić information content (AvgIpc) is 2.69. The minimum Gasteiger partial charge on any atom is -0.410 e. The fourth-order valence-electron chi connectivity index (χ4n) is 3.08. The number of anilines is 1. The number of hydrogen-bond donors (Lipinski definition) is 0. The first-order valence-corrected chi connectivity index (χ1v) is 9.84. The first-order chi connectivity index (χ1) is 12.7. The van der Waals surface area contributed by atoms with Crippen LogP contribution in [0.15, 0.2) is 60.7 Å². The van der Waals surface area contributed by atoms with Crippen LogP contribution in [0.1, 0.15) is 52.4 Å². The van der Waals surface area contributed by atoms with Gasteiger partial charge in [-0.25, -0.2) is 4.79 Å². The van der Waals surface area contributed by atoms with Crippen molar-refractivity contribution in [3.63, 3.8) is 0 Å². The maximum Gasteiger partial charge on any atom is 0.419 e. The van der Waals surface area contributed by atoms with Gasteiger partial charge in [0, 0.05) is 12.2 Å². The van der Waals surface area contributed by atoms with E-state index in [1.807, 2.05) is 60.7 Å². The standard InChI is InChI=1S/C23H31NO2/c1-3-5-6-9-14-20(4-2)19-24(21-15-10-7-11-16-21)23(25)26-22-17-12-8-13-18-22/h7-8,10-13,15-18,20H,3-6,9,14,19H2,1-2H3/t20-/m0/s1. The molecule has 0 fully saturated rings. The molecule has 1 amide bonds. The second-order valence-electron chi connectivity index (χ2n) is 6.75. The van der Waals surface area contributed by atoms with E-state index < -0.39 is 0 Å². The Hall–Kier alpha value is -2.29. The Kier molecular flexibility index (Phi) is 8.74. The number of rotatable bonds is 10. The third-order valence-electron chi connectivity index (χ3n) is 4.72. The molecule has 0 aliphatic heterocycles. The Bertz CT molecular complexity index is 627. The van der Waals surface area contributed by atoms with Gasteiger partial charge >= 0.3 is 6.09 Å². The second-order valence-corrected chi connectivity index (χ2v) is 6.75. The lowest BCUT2D eigenvalue weighted by Gasteiger charge is -2.26. The molecule has 0 saturated carbocycles. The Morgan fingerprint density at radius 3 is 2.19 bits per heavy atom.